The van der Waals surface area contributed by atoms with Gasteiger partial charge in [-0.3, -0.25) is 9.00 Å². The minimum absolute atomic E-state index is 0.0654. The summed E-state index contributed by atoms with van der Waals surface area (Å²) in [5.74, 6) is -0.307. The molecule has 0 spiro atoms. The maximum absolute atomic E-state index is 12.1. The molecule has 0 aromatic heterocycles. The molecule has 1 fully saturated rings. The van der Waals surface area contributed by atoms with Crippen molar-refractivity contribution in [2.45, 2.75) is 39.2 Å². The Kier molecular flexibility index (Phi) is 5.98. The minimum atomic E-state index is -0.867. The normalized spacial score (nSPS) is 25.9. The quantitative estimate of drug-likeness (QED) is 0.794. The molecule has 0 aromatic carbocycles. The highest BCUT2D eigenvalue weighted by atomic mass is 32.2. The molecule has 116 valence electrons. The first-order valence-corrected chi connectivity index (χ1v) is 8.56. The van der Waals surface area contributed by atoms with Gasteiger partial charge < -0.3 is 15.3 Å². The second kappa shape index (κ2) is 7.06. The van der Waals surface area contributed by atoms with Gasteiger partial charge in [0.15, 0.2) is 0 Å². The van der Waals surface area contributed by atoms with Gasteiger partial charge in [0.1, 0.15) is 0 Å². The number of likely N-dealkylation sites (tertiary alicyclic amines) is 1. The number of hydrogen-bond donors (Lipinski definition) is 2. The van der Waals surface area contributed by atoms with Crippen LogP contribution in [0.1, 0.15) is 33.1 Å². The molecule has 2 N–H and O–H groups in total. The monoisotopic (exact) mass is 304 g/mol. The fraction of sp³-hybridized carbons (Fsp3) is 0.846. The van der Waals surface area contributed by atoms with Gasteiger partial charge in [-0.15, -0.1) is 0 Å². The Morgan fingerprint density at radius 1 is 1.50 bits per heavy atom. The van der Waals surface area contributed by atoms with Gasteiger partial charge in [-0.05, 0) is 33.1 Å². The Morgan fingerprint density at radius 3 is 2.70 bits per heavy atom. The molecule has 0 aromatic rings. The number of rotatable bonds is 5. The fourth-order valence-electron chi connectivity index (χ4n) is 2.30. The topological polar surface area (TPSA) is 86.7 Å². The lowest BCUT2D eigenvalue weighted by molar-refractivity contribution is -0.150. The minimum Gasteiger partial charge on any atom is -0.481 e. The standard InChI is InChI=1S/C13H24N2O4S/c1-10(5-8-20(3)19)14-12(18)15-7-4-6-13(2,9-15)11(16)17/h10H,4-9H2,1-3H3,(H,14,18)(H,16,17). The molecular formula is C13H24N2O4S. The second-order valence-corrected chi connectivity index (χ2v) is 7.36. The number of carbonyl (C=O) groups excluding carboxylic acids is 1. The summed E-state index contributed by atoms with van der Waals surface area (Å²) in [6.07, 6.45) is 3.58. The fourth-order valence-corrected chi connectivity index (χ4v) is 2.99. The Morgan fingerprint density at radius 2 is 2.15 bits per heavy atom. The van der Waals surface area contributed by atoms with Crippen molar-refractivity contribution in [3.63, 3.8) is 0 Å². The van der Waals surface area contributed by atoms with Crippen molar-refractivity contribution in [3.8, 4) is 0 Å². The van der Waals surface area contributed by atoms with E-state index in [-0.39, 0.29) is 18.6 Å². The largest absolute Gasteiger partial charge is 0.481 e. The van der Waals surface area contributed by atoms with E-state index in [4.69, 9.17) is 0 Å². The maximum atomic E-state index is 12.1. The van der Waals surface area contributed by atoms with Gasteiger partial charge in [0.25, 0.3) is 0 Å². The summed E-state index contributed by atoms with van der Waals surface area (Å²) in [5.41, 5.74) is -0.857. The van der Waals surface area contributed by atoms with Crippen LogP contribution >= 0.6 is 0 Å². The summed E-state index contributed by atoms with van der Waals surface area (Å²) in [6.45, 7) is 4.37. The molecule has 0 bridgehead atoms. The number of carboxylic acids is 1. The lowest BCUT2D eigenvalue weighted by atomic mass is 9.82. The highest BCUT2D eigenvalue weighted by molar-refractivity contribution is 7.84. The Labute approximate surface area is 122 Å². The summed E-state index contributed by atoms with van der Waals surface area (Å²) in [4.78, 5) is 24.9. The number of piperidine rings is 1. The average molecular weight is 304 g/mol. The zero-order chi connectivity index (χ0) is 15.3. The van der Waals surface area contributed by atoms with E-state index in [1.165, 1.54) is 0 Å². The molecular weight excluding hydrogens is 280 g/mol. The van der Waals surface area contributed by atoms with E-state index in [1.54, 1.807) is 18.1 Å². The van der Waals surface area contributed by atoms with Crippen molar-refractivity contribution in [2.75, 3.05) is 25.1 Å². The van der Waals surface area contributed by atoms with Crippen molar-refractivity contribution < 1.29 is 18.9 Å². The predicted molar refractivity (Wildman–Crippen MR) is 78.1 cm³/mol. The molecule has 7 heteroatoms. The first kappa shape index (κ1) is 16.9. The van der Waals surface area contributed by atoms with Crippen molar-refractivity contribution in [1.82, 2.24) is 10.2 Å². The van der Waals surface area contributed by atoms with Gasteiger partial charge in [-0.2, -0.15) is 0 Å². The van der Waals surface area contributed by atoms with E-state index in [2.05, 4.69) is 5.32 Å². The third kappa shape index (κ3) is 4.77. The van der Waals surface area contributed by atoms with Crippen LogP contribution in [0.15, 0.2) is 0 Å². The van der Waals surface area contributed by atoms with Gasteiger partial charge in [-0.1, -0.05) is 0 Å². The molecule has 2 amide bonds. The van der Waals surface area contributed by atoms with Crippen LogP contribution in [0.3, 0.4) is 0 Å². The zero-order valence-electron chi connectivity index (χ0n) is 12.3. The summed E-state index contributed by atoms with van der Waals surface area (Å²) in [5, 5.41) is 12.1. The van der Waals surface area contributed by atoms with E-state index in [0.717, 1.165) is 0 Å². The van der Waals surface area contributed by atoms with Crippen LogP contribution in [0.4, 0.5) is 4.79 Å². The lowest BCUT2D eigenvalue weighted by Gasteiger charge is -2.37. The number of hydrogen-bond acceptors (Lipinski definition) is 3. The van der Waals surface area contributed by atoms with E-state index < -0.39 is 22.2 Å². The van der Waals surface area contributed by atoms with Crippen LogP contribution in [0.5, 0.6) is 0 Å². The van der Waals surface area contributed by atoms with Crippen LogP contribution in [-0.4, -0.2) is 57.4 Å². The maximum Gasteiger partial charge on any atom is 0.317 e. The molecule has 1 saturated heterocycles. The number of nitrogens with zero attached hydrogens (tertiary/aromatic N) is 1. The highest BCUT2D eigenvalue weighted by Crippen LogP contribution is 2.29. The van der Waals surface area contributed by atoms with E-state index in [9.17, 15) is 18.9 Å². The molecule has 3 unspecified atom stereocenters. The van der Waals surface area contributed by atoms with E-state index >= 15 is 0 Å². The van der Waals surface area contributed by atoms with Crippen LogP contribution in [0.2, 0.25) is 0 Å². The summed E-state index contributed by atoms with van der Waals surface area (Å²) >= 11 is 0. The smallest absolute Gasteiger partial charge is 0.317 e. The summed E-state index contributed by atoms with van der Waals surface area (Å²) in [7, 11) is -0.867. The van der Waals surface area contributed by atoms with Crippen molar-refractivity contribution in [1.29, 1.82) is 0 Å². The van der Waals surface area contributed by atoms with Crippen molar-refractivity contribution in [2.24, 2.45) is 5.41 Å². The summed E-state index contributed by atoms with van der Waals surface area (Å²) in [6, 6.07) is -0.295. The SMILES string of the molecule is CC(CCS(C)=O)NC(=O)N1CCCC(C)(C(=O)O)C1. The molecule has 1 heterocycles. The molecule has 0 radical (unpaired) electrons. The number of urea groups is 1. The number of carboxylic acid groups (broad SMARTS) is 1. The third-order valence-electron chi connectivity index (χ3n) is 3.71. The van der Waals surface area contributed by atoms with Crippen LogP contribution in [0.25, 0.3) is 0 Å². The Bertz CT molecular complexity index is 402. The Hall–Kier alpha value is -1.11. The van der Waals surface area contributed by atoms with Crippen LogP contribution in [0, 0.1) is 5.41 Å². The van der Waals surface area contributed by atoms with E-state index in [0.29, 0.717) is 31.6 Å². The molecule has 20 heavy (non-hydrogen) atoms. The van der Waals surface area contributed by atoms with Gasteiger partial charge in [0, 0.05) is 41.9 Å². The van der Waals surface area contributed by atoms with Crippen molar-refractivity contribution in [3.05, 3.63) is 0 Å². The molecule has 3 atom stereocenters. The molecule has 0 aliphatic carbocycles. The molecule has 1 aliphatic rings. The van der Waals surface area contributed by atoms with Gasteiger partial charge >= 0.3 is 12.0 Å². The second-order valence-electron chi connectivity index (χ2n) is 5.81. The van der Waals surface area contributed by atoms with Gasteiger partial charge in [-0.25, -0.2) is 4.79 Å². The first-order chi connectivity index (χ1) is 9.24. The lowest BCUT2D eigenvalue weighted by Crippen LogP contribution is -2.52. The molecule has 1 aliphatic heterocycles. The first-order valence-electron chi connectivity index (χ1n) is 6.83. The van der Waals surface area contributed by atoms with E-state index in [1.807, 2.05) is 6.92 Å². The zero-order valence-corrected chi connectivity index (χ0v) is 13.2. The summed E-state index contributed by atoms with van der Waals surface area (Å²) < 4.78 is 11.0. The predicted octanol–water partition coefficient (Wildman–Crippen LogP) is 1.04. The van der Waals surface area contributed by atoms with Crippen LogP contribution < -0.4 is 5.32 Å². The third-order valence-corrected chi connectivity index (χ3v) is 4.52. The number of nitrogens with one attached hydrogen (secondary N) is 1. The number of amides is 2. The van der Waals surface area contributed by atoms with Crippen molar-refractivity contribution >= 4 is 22.8 Å². The van der Waals surface area contributed by atoms with Crippen LogP contribution in [-0.2, 0) is 15.6 Å². The molecule has 1 rings (SSSR count). The van der Waals surface area contributed by atoms with Gasteiger partial charge in [0.2, 0.25) is 0 Å². The Balaban J connectivity index is 2.51. The number of aliphatic carboxylic acids is 1. The molecule has 6 nitrogen and oxygen atoms in total. The highest BCUT2D eigenvalue weighted by Gasteiger charge is 2.39. The number of carbonyl (C=O) groups is 2. The van der Waals surface area contributed by atoms with Gasteiger partial charge in [0.05, 0.1) is 5.41 Å². The molecule has 0 saturated carbocycles. The average Bonchev–Trinajstić information content (AvgIpc) is 2.36.